The van der Waals surface area contributed by atoms with Gasteiger partial charge in [0.25, 0.3) is 0 Å². The fourth-order valence-corrected chi connectivity index (χ4v) is 5.52. The number of rotatable bonds is 5. The zero-order chi connectivity index (χ0) is 20.0. The van der Waals surface area contributed by atoms with Gasteiger partial charge in [-0.3, -0.25) is 4.79 Å². The van der Waals surface area contributed by atoms with Crippen LogP contribution in [0.1, 0.15) is 56.1 Å². The second kappa shape index (κ2) is 7.03. The monoisotopic (exact) mass is 388 g/mol. The molecule has 2 saturated heterocycles. The Bertz CT molecular complexity index is 1020. The molecule has 2 atom stereocenters. The first kappa shape index (κ1) is 18.4. The number of H-pyrrole nitrogens is 1. The van der Waals surface area contributed by atoms with E-state index in [0.717, 1.165) is 31.2 Å². The normalized spacial score (nSPS) is 26.9. The Morgan fingerprint density at radius 1 is 1.14 bits per heavy atom. The topological polar surface area (TPSA) is 56.3 Å². The van der Waals surface area contributed by atoms with E-state index in [-0.39, 0.29) is 23.9 Å². The fraction of sp³-hybridized carbons (Fsp3) is 0.400. The smallest absolute Gasteiger partial charge is 0.224 e. The molecule has 4 heteroatoms. The van der Waals surface area contributed by atoms with Gasteiger partial charge in [-0.1, -0.05) is 55.5 Å². The number of carbonyl (C=O) groups excluding carboxylic acids is 1. The predicted octanol–water partition coefficient (Wildman–Crippen LogP) is 4.59. The molecule has 150 valence electrons. The third-order valence-corrected chi connectivity index (χ3v) is 6.97. The summed E-state index contributed by atoms with van der Waals surface area (Å²) in [6, 6.07) is 19.0. The van der Waals surface area contributed by atoms with Crippen LogP contribution in [0.15, 0.2) is 60.8 Å². The second-order valence-electron chi connectivity index (χ2n) is 8.81. The molecule has 3 fully saturated rings. The Kier molecular flexibility index (Phi) is 4.47. The van der Waals surface area contributed by atoms with E-state index in [1.807, 2.05) is 24.3 Å². The lowest BCUT2D eigenvalue weighted by Crippen LogP contribution is -2.67. The molecule has 1 amide bonds. The van der Waals surface area contributed by atoms with Crippen molar-refractivity contribution in [3.63, 3.8) is 0 Å². The molecule has 0 spiro atoms. The molecule has 29 heavy (non-hydrogen) atoms. The number of amides is 1. The molecule has 3 aliphatic rings. The Balaban J connectivity index is 1.48. The van der Waals surface area contributed by atoms with E-state index in [0.29, 0.717) is 6.42 Å². The van der Waals surface area contributed by atoms with Gasteiger partial charge in [0.1, 0.15) is 0 Å². The molecule has 1 aromatic heterocycles. The van der Waals surface area contributed by atoms with Crippen molar-refractivity contribution in [2.75, 3.05) is 0 Å². The number of carbonyl (C=O) groups is 1. The molecule has 1 aliphatic carbocycles. The van der Waals surface area contributed by atoms with Crippen molar-refractivity contribution < 1.29 is 9.90 Å². The maximum Gasteiger partial charge on any atom is 0.224 e. The highest BCUT2D eigenvalue weighted by molar-refractivity contribution is 5.86. The van der Waals surface area contributed by atoms with Gasteiger partial charge in [0.15, 0.2) is 0 Å². The highest BCUT2D eigenvalue weighted by atomic mass is 16.3. The Hall–Kier alpha value is -2.59. The maximum absolute atomic E-state index is 13.6. The Morgan fingerprint density at radius 2 is 1.86 bits per heavy atom. The molecule has 4 nitrogen and oxygen atoms in total. The number of piperidine rings is 2. The van der Waals surface area contributed by atoms with Gasteiger partial charge >= 0.3 is 0 Å². The van der Waals surface area contributed by atoms with E-state index >= 15 is 0 Å². The van der Waals surface area contributed by atoms with Crippen molar-refractivity contribution >= 4 is 16.8 Å². The minimum atomic E-state index is -0.530. The standard InChI is InChI=1S/C25H28N2O2/c1-2-18-13-25(29)14-19(15-25)27(18)24(28)12-21(17-8-4-3-5-9-17)22-16-26-23-11-7-6-10-20(22)23/h3-11,16,18-19,21,26,29H,2,12-15H2,1H3. The van der Waals surface area contributed by atoms with E-state index in [4.69, 9.17) is 0 Å². The molecule has 6 rings (SSSR count). The second-order valence-corrected chi connectivity index (χ2v) is 8.81. The van der Waals surface area contributed by atoms with Gasteiger partial charge < -0.3 is 15.0 Å². The molecule has 3 heterocycles. The zero-order valence-corrected chi connectivity index (χ0v) is 16.8. The van der Waals surface area contributed by atoms with Gasteiger partial charge in [-0.15, -0.1) is 0 Å². The van der Waals surface area contributed by atoms with Crippen LogP contribution in [-0.2, 0) is 4.79 Å². The van der Waals surface area contributed by atoms with Crippen LogP contribution in [0, 0.1) is 0 Å². The molecule has 2 N–H and O–H groups in total. The van der Waals surface area contributed by atoms with Crippen LogP contribution >= 0.6 is 0 Å². The van der Waals surface area contributed by atoms with Crippen LogP contribution in [0.2, 0.25) is 0 Å². The minimum absolute atomic E-state index is 0.0123. The first-order valence-corrected chi connectivity index (χ1v) is 10.7. The molecule has 2 aliphatic heterocycles. The van der Waals surface area contributed by atoms with Gasteiger partial charge in [-0.25, -0.2) is 0 Å². The molecular formula is C25H28N2O2. The molecule has 0 radical (unpaired) electrons. The number of benzene rings is 2. The van der Waals surface area contributed by atoms with Gasteiger partial charge in [0.2, 0.25) is 5.91 Å². The predicted molar refractivity (Wildman–Crippen MR) is 115 cm³/mol. The summed E-state index contributed by atoms with van der Waals surface area (Å²) in [5.41, 5.74) is 2.91. The van der Waals surface area contributed by atoms with Crippen molar-refractivity contribution in [1.29, 1.82) is 0 Å². The summed E-state index contributed by atoms with van der Waals surface area (Å²) in [4.78, 5) is 19.0. The third-order valence-electron chi connectivity index (χ3n) is 6.97. The van der Waals surface area contributed by atoms with Crippen molar-refractivity contribution in [2.45, 2.75) is 62.6 Å². The largest absolute Gasteiger partial charge is 0.390 e. The van der Waals surface area contributed by atoms with Crippen molar-refractivity contribution in [1.82, 2.24) is 9.88 Å². The summed E-state index contributed by atoms with van der Waals surface area (Å²) in [6.45, 7) is 2.12. The van der Waals surface area contributed by atoms with Crippen molar-refractivity contribution in [2.24, 2.45) is 0 Å². The number of aromatic amines is 1. The molecule has 2 aromatic carbocycles. The zero-order valence-electron chi connectivity index (χ0n) is 16.8. The fourth-order valence-electron chi connectivity index (χ4n) is 5.52. The summed E-state index contributed by atoms with van der Waals surface area (Å²) in [6.07, 6.45) is 5.60. The van der Waals surface area contributed by atoms with Crippen LogP contribution in [0.3, 0.4) is 0 Å². The average Bonchev–Trinajstić information content (AvgIpc) is 3.15. The number of aromatic nitrogens is 1. The van der Waals surface area contributed by atoms with E-state index in [1.54, 1.807) is 0 Å². The van der Waals surface area contributed by atoms with Gasteiger partial charge in [0, 0.05) is 41.5 Å². The van der Waals surface area contributed by atoms with Crippen LogP contribution in [-0.4, -0.2) is 38.6 Å². The van der Waals surface area contributed by atoms with E-state index in [9.17, 15) is 9.90 Å². The summed E-state index contributed by atoms with van der Waals surface area (Å²) >= 11 is 0. The summed E-state index contributed by atoms with van der Waals surface area (Å²) in [7, 11) is 0. The summed E-state index contributed by atoms with van der Waals surface area (Å²) in [5.74, 6) is 0.223. The number of aliphatic hydroxyl groups is 1. The summed E-state index contributed by atoms with van der Waals surface area (Å²) in [5, 5.41) is 11.7. The molecule has 2 unspecified atom stereocenters. The van der Waals surface area contributed by atoms with Gasteiger partial charge in [-0.2, -0.15) is 0 Å². The van der Waals surface area contributed by atoms with Crippen LogP contribution < -0.4 is 0 Å². The molecule has 2 bridgehead atoms. The summed E-state index contributed by atoms with van der Waals surface area (Å²) < 4.78 is 0. The van der Waals surface area contributed by atoms with E-state index < -0.39 is 5.60 Å². The van der Waals surface area contributed by atoms with Crippen LogP contribution in [0.25, 0.3) is 10.9 Å². The average molecular weight is 389 g/mol. The van der Waals surface area contributed by atoms with Crippen molar-refractivity contribution in [3.8, 4) is 0 Å². The van der Waals surface area contributed by atoms with Crippen LogP contribution in [0.4, 0.5) is 0 Å². The first-order valence-electron chi connectivity index (χ1n) is 10.7. The molecule has 3 aromatic rings. The highest BCUT2D eigenvalue weighted by Gasteiger charge is 2.54. The number of para-hydroxylation sites is 1. The van der Waals surface area contributed by atoms with Gasteiger partial charge in [-0.05, 0) is 42.9 Å². The number of fused-ring (bicyclic) bond motifs is 3. The maximum atomic E-state index is 13.6. The van der Waals surface area contributed by atoms with Crippen molar-refractivity contribution in [3.05, 3.63) is 71.9 Å². The lowest BCUT2D eigenvalue weighted by molar-refractivity contribution is -0.178. The molecular weight excluding hydrogens is 360 g/mol. The number of hydrogen-bond donors (Lipinski definition) is 2. The van der Waals surface area contributed by atoms with Gasteiger partial charge in [0.05, 0.1) is 5.60 Å². The molecule has 1 saturated carbocycles. The highest BCUT2D eigenvalue weighted by Crippen LogP contribution is 2.47. The third kappa shape index (κ3) is 3.16. The minimum Gasteiger partial charge on any atom is -0.390 e. The lowest BCUT2D eigenvalue weighted by Gasteiger charge is -2.58. The SMILES string of the molecule is CCC1CC2(O)CC(C2)N1C(=O)CC(c1ccccc1)c1c[nH]c2ccccc12. The first-order chi connectivity index (χ1) is 14.1. The quantitative estimate of drug-likeness (QED) is 0.671. The lowest BCUT2D eigenvalue weighted by atomic mass is 9.66. The Morgan fingerprint density at radius 3 is 2.62 bits per heavy atom. The number of hydrogen-bond acceptors (Lipinski definition) is 2. The van der Waals surface area contributed by atoms with E-state index in [2.05, 4.69) is 53.3 Å². The van der Waals surface area contributed by atoms with Crippen LogP contribution in [0.5, 0.6) is 0 Å². The Labute approximate surface area is 171 Å². The number of nitrogens with zero attached hydrogens (tertiary/aromatic N) is 1. The number of nitrogens with one attached hydrogen (secondary N) is 1. The van der Waals surface area contributed by atoms with E-state index in [1.165, 1.54) is 16.5 Å².